The molecule has 0 heterocycles. The molecule has 1 aliphatic rings. The van der Waals surface area contributed by atoms with Crippen LogP contribution in [-0.2, 0) is 0 Å². The molecule has 2 N–H and O–H groups in total. The van der Waals surface area contributed by atoms with Crippen molar-refractivity contribution in [2.24, 2.45) is 0 Å². The first-order chi connectivity index (χ1) is 7.56. The Morgan fingerprint density at radius 1 is 1.56 bits per heavy atom. The van der Waals surface area contributed by atoms with E-state index in [0.717, 1.165) is 17.3 Å². The van der Waals surface area contributed by atoms with Crippen LogP contribution >= 0.6 is 15.9 Å². The van der Waals surface area contributed by atoms with Gasteiger partial charge in [0.15, 0.2) is 0 Å². The summed E-state index contributed by atoms with van der Waals surface area (Å²) in [4.78, 5) is 0. The van der Waals surface area contributed by atoms with Gasteiger partial charge in [0.1, 0.15) is 5.82 Å². The van der Waals surface area contributed by atoms with Gasteiger partial charge < -0.3 is 10.4 Å². The van der Waals surface area contributed by atoms with E-state index in [4.69, 9.17) is 0 Å². The van der Waals surface area contributed by atoms with Gasteiger partial charge >= 0.3 is 0 Å². The van der Waals surface area contributed by atoms with Crippen LogP contribution in [0, 0.1) is 5.82 Å². The number of aliphatic hydroxyl groups is 1. The predicted molar refractivity (Wildman–Crippen MR) is 64.7 cm³/mol. The molecule has 16 heavy (non-hydrogen) atoms. The largest absolute Gasteiger partial charge is 0.394 e. The van der Waals surface area contributed by atoms with Gasteiger partial charge in [0, 0.05) is 21.6 Å². The topological polar surface area (TPSA) is 32.3 Å². The van der Waals surface area contributed by atoms with Gasteiger partial charge in [-0.25, -0.2) is 4.39 Å². The van der Waals surface area contributed by atoms with E-state index in [9.17, 15) is 9.50 Å². The van der Waals surface area contributed by atoms with Crippen molar-refractivity contribution >= 4 is 15.9 Å². The fraction of sp³-hybridized carbons (Fsp3) is 0.500. The van der Waals surface area contributed by atoms with E-state index >= 15 is 0 Å². The Balaban J connectivity index is 2.11. The van der Waals surface area contributed by atoms with Crippen LogP contribution in [0.5, 0.6) is 0 Å². The Kier molecular flexibility index (Phi) is 3.33. The van der Waals surface area contributed by atoms with Crippen molar-refractivity contribution in [2.45, 2.75) is 31.3 Å². The molecule has 0 spiro atoms. The van der Waals surface area contributed by atoms with Gasteiger partial charge in [0.2, 0.25) is 0 Å². The first kappa shape index (κ1) is 12.0. The van der Waals surface area contributed by atoms with E-state index in [0.29, 0.717) is 5.56 Å². The van der Waals surface area contributed by atoms with Crippen LogP contribution in [0.4, 0.5) is 4.39 Å². The van der Waals surface area contributed by atoms with Crippen LogP contribution in [0.3, 0.4) is 0 Å². The maximum atomic E-state index is 13.7. The van der Waals surface area contributed by atoms with Crippen LogP contribution in [-0.4, -0.2) is 17.3 Å². The third-order valence-corrected chi connectivity index (χ3v) is 3.60. The molecule has 1 saturated carbocycles. The normalized spacial score (nSPS) is 19.5. The molecule has 1 unspecified atom stereocenters. The van der Waals surface area contributed by atoms with Crippen molar-refractivity contribution < 1.29 is 9.50 Å². The minimum Gasteiger partial charge on any atom is -0.394 e. The molecule has 2 nitrogen and oxygen atoms in total. The van der Waals surface area contributed by atoms with Crippen molar-refractivity contribution in [2.75, 3.05) is 6.61 Å². The van der Waals surface area contributed by atoms with Gasteiger partial charge in [-0.1, -0.05) is 22.0 Å². The maximum absolute atomic E-state index is 13.7. The fourth-order valence-corrected chi connectivity index (χ4v) is 2.22. The second-order valence-electron chi connectivity index (χ2n) is 4.47. The first-order valence-corrected chi connectivity index (χ1v) is 6.19. The number of hydrogen-bond acceptors (Lipinski definition) is 2. The average Bonchev–Trinajstić information content (AvgIpc) is 2.98. The summed E-state index contributed by atoms with van der Waals surface area (Å²) < 4.78 is 14.4. The summed E-state index contributed by atoms with van der Waals surface area (Å²) in [6.07, 6.45) is 1.93. The Bertz CT molecular complexity index is 393. The molecular formula is C12H15BrFNO. The quantitative estimate of drug-likeness (QED) is 0.893. The average molecular weight is 288 g/mol. The Morgan fingerprint density at radius 3 is 2.75 bits per heavy atom. The van der Waals surface area contributed by atoms with E-state index in [1.54, 1.807) is 6.07 Å². The second-order valence-corrected chi connectivity index (χ2v) is 5.39. The van der Waals surface area contributed by atoms with E-state index < -0.39 is 0 Å². The zero-order valence-electron chi connectivity index (χ0n) is 9.13. The highest BCUT2D eigenvalue weighted by Crippen LogP contribution is 2.37. The molecule has 1 atom stereocenters. The zero-order valence-corrected chi connectivity index (χ0v) is 10.7. The molecule has 0 amide bonds. The fourth-order valence-electron chi connectivity index (χ4n) is 1.89. The van der Waals surface area contributed by atoms with E-state index in [1.165, 1.54) is 6.07 Å². The standard InChI is InChI=1S/C12H15BrFNO/c1-8(15-12(7-16)4-5-12)10-3-2-9(13)6-11(10)14/h2-3,6,8,15-16H,4-5,7H2,1H3. The lowest BCUT2D eigenvalue weighted by atomic mass is 10.1. The molecule has 4 heteroatoms. The van der Waals surface area contributed by atoms with Crippen molar-refractivity contribution in [3.63, 3.8) is 0 Å². The highest BCUT2D eigenvalue weighted by atomic mass is 79.9. The lowest BCUT2D eigenvalue weighted by molar-refractivity contribution is 0.220. The summed E-state index contributed by atoms with van der Waals surface area (Å²) >= 11 is 3.23. The first-order valence-electron chi connectivity index (χ1n) is 5.40. The van der Waals surface area contributed by atoms with Crippen LogP contribution in [0.1, 0.15) is 31.4 Å². The van der Waals surface area contributed by atoms with Crippen molar-refractivity contribution in [3.05, 3.63) is 34.1 Å². The number of nitrogens with one attached hydrogen (secondary N) is 1. The molecule has 2 rings (SSSR count). The second kappa shape index (κ2) is 4.43. The molecule has 0 bridgehead atoms. The van der Waals surface area contributed by atoms with Crippen molar-refractivity contribution in [1.82, 2.24) is 5.32 Å². The molecule has 0 saturated heterocycles. The minimum absolute atomic E-state index is 0.0808. The Hall–Kier alpha value is -0.450. The number of benzene rings is 1. The molecule has 0 aromatic heterocycles. The molecular weight excluding hydrogens is 273 g/mol. The number of rotatable bonds is 4. The Morgan fingerprint density at radius 2 is 2.25 bits per heavy atom. The Labute approximate surface area is 103 Å². The van der Waals surface area contributed by atoms with Crippen LogP contribution in [0.15, 0.2) is 22.7 Å². The molecule has 1 aromatic rings. The van der Waals surface area contributed by atoms with Gasteiger partial charge in [-0.3, -0.25) is 0 Å². The van der Waals surface area contributed by atoms with Gasteiger partial charge in [0.25, 0.3) is 0 Å². The lowest BCUT2D eigenvalue weighted by Gasteiger charge is -2.21. The van der Waals surface area contributed by atoms with Gasteiger partial charge in [-0.05, 0) is 31.9 Å². The van der Waals surface area contributed by atoms with Crippen molar-refractivity contribution in [1.29, 1.82) is 0 Å². The van der Waals surface area contributed by atoms with Gasteiger partial charge in [-0.2, -0.15) is 0 Å². The highest BCUT2D eigenvalue weighted by Gasteiger charge is 2.42. The minimum atomic E-state index is -0.219. The number of aliphatic hydroxyl groups excluding tert-OH is 1. The summed E-state index contributed by atoms with van der Waals surface area (Å²) in [6, 6.07) is 4.98. The summed E-state index contributed by atoms with van der Waals surface area (Å²) in [5.41, 5.74) is 0.474. The lowest BCUT2D eigenvalue weighted by Crippen LogP contribution is -2.37. The van der Waals surface area contributed by atoms with E-state index in [-0.39, 0.29) is 24.0 Å². The monoisotopic (exact) mass is 287 g/mol. The predicted octanol–water partition coefficient (Wildman–Crippen LogP) is 2.76. The molecule has 88 valence electrons. The van der Waals surface area contributed by atoms with Gasteiger partial charge in [0.05, 0.1) is 6.61 Å². The smallest absolute Gasteiger partial charge is 0.129 e. The van der Waals surface area contributed by atoms with Crippen molar-refractivity contribution in [3.8, 4) is 0 Å². The maximum Gasteiger partial charge on any atom is 0.129 e. The molecule has 1 fully saturated rings. The SMILES string of the molecule is CC(NC1(CO)CC1)c1ccc(Br)cc1F. The van der Waals surface area contributed by atoms with Crippen LogP contribution < -0.4 is 5.32 Å². The van der Waals surface area contributed by atoms with E-state index in [2.05, 4.69) is 21.2 Å². The molecule has 0 aliphatic heterocycles. The van der Waals surface area contributed by atoms with Gasteiger partial charge in [-0.15, -0.1) is 0 Å². The zero-order chi connectivity index (χ0) is 11.8. The van der Waals surface area contributed by atoms with E-state index in [1.807, 2.05) is 13.0 Å². The third kappa shape index (κ3) is 2.44. The summed E-state index contributed by atoms with van der Waals surface area (Å²) in [6.45, 7) is 2.04. The molecule has 1 aromatic carbocycles. The number of hydrogen-bond donors (Lipinski definition) is 2. The summed E-state index contributed by atoms with van der Waals surface area (Å²) in [7, 11) is 0. The van der Waals surface area contributed by atoms with Crippen LogP contribution in [0.25, 0.3) is 0 Å². The van der Waals surface area contributed by atoms with Crippen LogP contribution in [0.2, 0.25) is 0 Å². The number of halogens is 2. The molecule has 0 radical (unpaired) electrons. The summed E-state index contributed by atoms with van der Waals surface area (Å²) in [5, 5.41) is 12.5. The third-order valence-electron chi connectivity index (χ3n) is 3.11. The summed E-state index contributed by atoms with van der Waals surface area (Å²) in [5.74, 6) is -0.219. The molecule has 1 aliphatic carbocycles. The highest BCUT2D eigenvalue weighted by molar-refractivity contribution is 9.10.